The lowest BCUT2D eigenvalue weighted by molar-refractivity contribution is 0.0934. The molecule has 0 fully saturated rings. The second-order valence-corrected chi connectivity index (χ2v) is 5.36. The Morgan fingerprint density at radius 1 is 1.26 bits per heavy atom. The van der Waals surface area contributed by atoms with Gasteiger partial charge in [-0.3, -0.25) is 4.79 Å². The Kier molecular flexibility index (Phi) is 4.06. The average Bonchev–Trinajstić information content (AvgIpc) is 2.81. The first-order valence-corrected chi connectivity index (χ1v) is 6.80. The number of phenolic OH excluding ortho intramolecular Hbond substituents is 2. The first-order chi connectivity index (χ1) is 9.08. The van der Waals surface area contributed by atoms with E-state index in [1.54, 1.807) is 11.3 Å². The van der Waals surface area contributed by atoms with Gasteiger partial charge in [0.25, 0.3) is 5.91 Å². The van der Waals surface area contributed by atoms with E-state index in [4.69, 9.17) is 0 Å². The van der Waals surface area contributed by atoms with Crippen molar-refractivity contribution in [3.05, 3.63) is 46.2 Å². The predicted molar refractivity (Wildman–Crippen MR) is 74.7 cm³/mol. The number of benzene rings is 1. The summed E-state index contributed by atoms with van der Waals surface area (Å²) in [6.45, 7) is 1.88. The van der Waals surface area contributed by atoms with Crippen LogP contribution in [0.15, 0.2) is 35.7 Å². The normalized spacial score (nSPS) is 12.1. The molecule has 1 unspecified atom stereocenters. The van der Waals surface area contributed by atoms with Crippen LogP contribution in [0.1, 0.15) is 22.2 Å². The van der Waals surface area contributed by atoms with Crippen LogP contribution in [0.5, 0.6) is 11.5 Å². The van der Waals surface area contributed by atoms with Crippen LogP contribution >= 0.6 is 11.3 Å². The Balaban J connectivity index is 2.04. The van der Waals surface area contributed by atoms with Gasteiger partial charge in [-0.2, -0.15) is 0 Å². The molecule has 1 amide bonds. The van der Waals surface area contributed by atoms with Gasteiger partial charge >= 0.3 is 0 Å². The van der Waals surface area contributed by atoms with Gasteiger partial charge in [-0.15, -0.1) is 11.3 Å². The molecule has 1 aromatic heterocycles. The zero-order valence-electron chi connectivity index (χ0n) is 10.5. The van der Waals surface area contributed by atoms with Crippen molar-refractivity contribution in [3.8, 4) is 11.5 Å². The van der Waals surface area contributed by atoms with Crippen LogP contribution < -0.4 is 5.32 Å². The minimum Gasteiger partial charge on any atom is -0.507 e. The van der Waals surface area contributed by atoms with E-state index in [0.717, 1.165) is 6.42 Å². The first-order valence-electron chi connectivity index (χ1n) is 5.92. The third-order valence-electron chi connectivity index (χ3n) is 2.71. The highest BCUT2D eigenvalue weighted by atomic mass is 32.1. The summed E-state index contributed by atoms with van der Waals surface area (Å²) in [7, 11) is 0. The van der Waals surface area contributed by atoms with Crippen LogP contribution in [0.3, 0.4) is 0 Å². The molecule has 1 aromatic carbocycles. The van der Waals surface area contributed by atoms with Gasteiger partial charge in [0.05, 0.1) is 0 Å². The van der Waals surface area contributed by atoms with Crippen LogP contribution in [-0.4, -0.2) is 22.2 Å². The second kappa shape index (κ2) is 5.75. The summed E-state index contributed by atoms with van der Waals surface area (Å²) >= 11 is 1.63. The first kappa shape index (κ1) is 13.4. The zero-order chi connectivity index (χ0) is 13.8. The number of phenols is 2. The summed E-state index contributed by atoms with van der Waals surface area (Å²) in [5.74, 6) is -0.915. The molecule has 0 aliphatic heterocycles. The number of amides is 1. The molecule has 0 spiro atoms. The summed E-state index contributed by atoms with van der Waals surface area (Å²) in [6.07, 6.45) is 0.720. The fourth-order valence-electron chi connectivity index (χ4n) is 1.84. The maximum Gasteiger partial charge on any atom is 0.259 e. The quantitative estimate of drug-likeness (QED) is 0.804. The molecule has 5 heteroatoms. The van der Waals surface area contributed by atoms with Crippen molar-refractivity contribution in [1.29, 1.82) is 0 Å². The van der Waals surface area contributed by atoms with Gasteiger partial charge in [0.1, 0.15) is 17.1 Å². The molecule has 0 radical (unpaired) electrons. The van der Waals surface area contributed by atoms with Gasteiger partial charge in [-0.1, -0.05) is 12.1 Å². The van der Waals surface area contributed by atoms with Crippen molar-refractivity contribution in [1.82, 2.24) is 5.32 Å². The Hall–Kier alpha value is -2.01. The molecule has 3 N–H and O–H groups in total. The van der Waals surface area contributed by atoms with Gasteiger partial charge in [0.15, 0.2) is 0 Å². The molecule has 2 aromatic rings. The maximum atomic E-state index is 12.0. The molecule has 19 heavy (non-hydrogen) atoms. The smallest absolute Gasteiger partial charge is 0.259 e. The maximum absolute atomic E-state index is 12.0. The Labute approximate surface area is 115 Å². The number of nitrogens with one attached hydrogen (secondary N) is 1. The number of carbonyl (C=O) groups excluding carboxylic acids is 1. The van der Waals surface area contributed by atoms with E-state index in [9.17, 15) is 15.0 Å². The third kappa shape index (κ3) is 3.26. The molecular weight excluding hydrogens is 262 g/mol. The van der Waals surface area contributed by atoms with E-state index in [2.05, 4.69) is 5.32 Å². The highest BCUT2D eigenvalue weighted by molar-refractivity contribution is 7.09. The molecule has 0 aliphatic carbocycles. The van der Waals surface area contributed by atoms with Crippen molar-refractivity contribution in [2.45, 2.75) is 19.4 Å². The number of thiophene rings is 1. The van der Waals surface area contributed by atoms with E-state index >= 15 is 0 Å². The molecule has 0 saturated carbocycles. The third-order valence-corrected chi connectivity index (χ3v) is 3.61. The topological polar surface area (TPSA) is 69.6 Å². The lowest BCUT2D eigenvalue weighted by Gasteiger charge is -2.14. The number of rotatable bonds is 4. The number of hydrogen-bond donors (Lipinski definition) is 3. The van der Waals surface area contributed by atoms with Crippen LogP contribution in [-0.2, 0) is 6.42 Å². The Morgan fingerprint density at radius 3 is 2.53 bits per heavy atom. The summed E-state index contributed by atoms with van der Waals surface area (Å²) < 4.78 is 0. The molecule has 100 valence electrons. The molecular formula is C14H15NO3S. The van der Waals surface area contributed by atoms with E-state index in [1.165, 1.54) is 23.1 Å². The largest absolute Gasteiger partial charge is 0.507 e. The van der Waals surface area contributed by atoms with Crippen molar-refractivity contribution in [2.24, 2.45) is 0 Å². The second-order valence-electron chi connectivity index (χ2n) is 4.33. The van der Waals surface area contributed by atoms with Gasteiger partial charge in [-0.25, -0.2) is 0 Å². The highest BCUT2D eigenvalue weighted by Gasteiger charge is 2.17. The minimum absolute atomic E-state index is 0.0786. The zero-order valence-corrected chi connectivity index (χ0v) is 11.3. The minimum atomic E-state index is -0.473. The number of aromatic hydroxyl groups is 2. The number of carbonyl (C=O) groups is 1. The lowest BCUT2D eigenvalue weighted by atomic mass is 10.1. The summed E-state index contributed by atoms with van der Waals surface area (Å²) in [5.41, 5.74) is -0.0828. The SMILES string of the molecule is CC(Cc1cccs1)NC(=O)c1c(O)cccc1O. The number of hydrogen-bond acceptors (Lipinski definition) is 4. The molecule has 1 heterocycles. The molecule has 2 rings (SSSR count). The van der Waals surface area contributed by atoms with Crippen molar-refractivity contribution in [3.63, 3.8) is 0 Å². The highest BCUT2D eigenvalue weighted by Crippen LogP contribution is 2.26. The van der Waals surface area contributed by atoms with E-state index in [0.29, 0.717) is 0 Å². The van der Waals surface area contributed by atoms with E-state index in [-0.39, 0.29) is 23.1 Å². The Bertz CT molecular complexity index is 546. The predicted octanol–water partition coefficient (Wildman–Crippen LogP) is 2.52. The lowest BCUT2D eigenvalue weighted by Crippen LogP contribution is -2.33. The molecule has 0 aliphatic rings. The molecule has 1 atom stereocenters. The average molecular weight is 277 g/mol. The monoisotopic (exact) mass is 277 g/mol. The Morgan fingerprint density at radius 2 is 1.95 bits per heavy atom. The fraction of sp³-hybridized carbons (Fsp3) is 0.214. The van der Waals surface area contributed by atoms with Crippen molar-refractivity contribution >= 4 is 17.2 Å². The standard InChI is InChI=1S/C14H15NO3S/c1-9(8-10-4-3-7-19-10)15-14(18)13-11(16)5-2-6-12(13)17/h2-7,9,16-17H,8H2,1H3,(H,15,18). The van der Waals surface area contributed by atoms with Gasteiger partial charge in [-0.05, 0) is 30.5 Å². The van der Waals surface area contributed by atoms with Crippen LogP contribution in [0.25, 0.3) is 0 Å². The van der Waals surface area contributed by atoms with Crippen molar-refractivity contribution < 1.29 is 15.0 Å². The molecule has 0 bridgehead atoms. The van der Waals surface area contributed by atoms with Crippen LogP contribution in [0.2, 0.25) is 0 Å². The van der Waals surface area contributed by atoms with Crippen molar-refractivity contribution in [2.75, 3.05) is 0 Å². The molecule has 0 saturated heterocycles. The fourth-order valence-corrected chi connectivity index (χ4v) is 2.67. The van der Waals surface area contributed by atoms with Gasteiger partial charge in [0, 0.05) is 17.3 Å². The summed E-state index contributed by atoms with van der Waals surface area (Å²) in [4.78, 5) is 13.2. The van der Waals surface area contributed by atoms with Crippen LogP contribution in [0.4, 0.5) is 0 Å². The van der Waals surface area contributed by atoms with Crippen LogP contribution in [0, 0.1) is 0 Å². The van der Waals surface area contributed by atoms with E-state index in [1.807, 2.05) is 24.4 Å². The van der Waals surface area contributed by atoms with Gasteiger partial charge < -0.3 is 15.5 Å². The van der Waals surface area contributed by atoms with Gasteiger partial charge in [0.2, 0.25) is 0 Å². The van der Waals surface area contributed by atoms with E-state index < -0.39 is 5.91 Å². The molecule has 4 nitrogen and oxygen atoms in total. The summed E-state index contributed by atoms with van der Waals surface area (Å²) in [5, 5.41) is 24.0. The summed E-state index contributed by atoms with van der Waals surface area (Å²) in [6, 6.07) is 8.12.